The molecule has 0 aliphatic heterocycles. The number of hydrogen-bond acceptors (Lipinski definition) is 4. The van der Waals surface area contributed by atoms with Crippen molar-refractivity contribution < 1.29 is 66.5 Å². The Hall–Kier alpha value is -2.79. The molecular weight excluding hydrogens is 743 g/mol. The summed E-state index contributed by atoms with van der Waals surface area (Å²) in [4.78, 5) is 8.42. The molecule has 1 aromatic heterocycles. The maximum Gasteiger partial charge on any atom is 0.381 e. The number of hydrogen-bond donors (Lipinski definition) is 0. The zero-order valence-electron chi connectivity index (χ0n) is 29.1. The lowest BCUT2D eigenvalue weighted by Gasteiger charge is -2.41. The third kappa shape index (κ3) is 11.4. The molecule has 0 bridgehead atoms. The molecule has 1 heterocycles. The Morgan fingerprint density at radius 3 is 1.60 bits per heavy atom. The van der Waals surface area contributed by atoms with Gasteiger partial charge >= 0.3 is 23.7 Å². The quantitative estimate of drug-likeness (QED) is 0.0571. The lowest BCUT2D eigenvalue weighted by Crippen LogP contribution is -2.70. The molecule has 0 fully saturated rings. The zero-order chi connectivity index (χ0) is 39.4. The maximum atomic E-state index is 14.9. The van der Waals surface area contributed by atoms with Gasteiger partial charge in [0.1, 0.15) is 5.75 Å². The Balaban J connectivity index is 1.85. The first-order chi connectivity index (χ1) is 24.1. The van der Waals surface area contributed by atoms with Crippen LogP contribution in [0.1, 0.15) is 71.1 Å². The van der Waals surface area contributed by atoms with Gasteiger partial charge in [0.15, 0.2) is 23.5 Å². The monoisotopic (exact) mass is 788 g/mol. The van der Waals surface area contributed by atoms with Gasteiger partial charge in [-0.25, -0.2) is 31.9 Å². The highest BCUT2D eigenvalue weighted by atomic mass is 28.3. The van der Waals surface area contributed by atoms with E-state index in [0.717, 1.165) is 25.9 Å². The van der Waals surface area contributed by atoms with Crippen molar-refractivity contribution in [3.05, 3.63) is 36.7 Å². The number of aromatic nitrogens is 2. The highest BCUT2D eigenvalue weighted by Gasteiger charge is 2.85. The molecule has 2 rings (SSSR count). The Bertz CT molecular complexity index is 1320. The van der Waals surface area contributed by atoms with Crippen LogP contribution >= 0.6 is 0 Å². The maximum absolute atomic E-state index is 14.9. The summed E-state index contributed by atoms with van der Waals surface area (Å²) < 4.78 is 190. The van der Waals surface area contributed by atoms with Gasteiger partial charge in [-0.05, 0) is 37.1 Å². The molecule has 0 spiro atoms. The van der Waals surface area contributed by atoms with Crippen molar-refractivity contribution in [1.82, 2.24) is 9.97 Å². The van der Waals surface area contributed by atoms with Crippen molar-refractivity contribution >= 4 is 8.07 Å². The van der Waals surface area contributed by atoms with Crippen LogP contribution in [0, 0.1) is 0 Å². The first-order valence-corrected chi connectivity index (χ1v) is 20.3. The van der Waals surface area contributed by atoms with E-state index in [1.54, 1.807) is 24.3 Å². The van der Waals surface area contributed by atoms with E-state index in [0.29, 0.717) is 23.7 Å². The fraction of sp³-hybridized carbons (Fsp3) is 0.706. The van der Waals surface area contributed by atoms with E-state index in [1.807, 2.05) is 0 Å². The van der Waals surface area contributed by atoms with Crippen molar-refractivity contribution in [2.45, 2.75) is 139 Å². The molecule has 18 heteroatoms. The van der Waals surface area contributed by atoms with Crippen molar-refractivity contribution in [3.63, 3.8) is 0 Å². The third-order valence-corrected chi connectivity index (χ3v) is 12.0. The molecule has 0 N–H and O–H groups in total. The molecule has 298 valence electrons. The molecule has 2 aromatic rings. The van der Waals surface area contributed by atoms with E-state index < -0.39 is 62.4 Å². The number of halogens is 13. The van der Waals surface area contributed by atoms with Gasteiger partial charge < -0.3 is 9.47 Å². The highest BCUT2D eigenvalue weighted by Crippen LogP contribution is 2.57. The summed E-state index contributed by atoms with van der Waals surface area (Å²) in [6.45, 7) is 4.22. The van der Waals surface area contributed by atoms with Gasteiger partial charge in [-0.15, -0.1) is 0 Å². The summed E-state index contributed by atoms with van der Waals surface area (Å²) in [6.07, 6.45) is -2.61. The number of ether oxygens (including phenoxy) is 2. The number of rotatable bonds is 25. The standard InChI is InChI=1S/C34H45F13N2O2Si/c1-4-5-6-7-8-9-10-11-18-50-24-16-14-23(15-17-24)29-48-21-25(22-49-29)51-19-12-13-20-52(2,3)30(39)32(42,43)34(46,47)33(44,45)31(40,41)27(36)26(35)28(37)38/h14-17,21-22,26-28,30H,4-13,18-20H2,1-3H3. The van der Waals surface area contributed by atoms with Crippen LogP contribution in [-0.2, 0) is 0 Å². The third-order valence-electron chi connectivity index (χ3n) is 8.59. The molecule has 0 aliphatic rings. The molecule has 52 heavy (non-hydrogen) atoms. The average Bonchev–Trinajstić information content (AvgIpc) is 3.09. The molecule has 0 saturated heterocycles. The first kappa shape index (κ1) is 45.4. The minimum absolute atomic E-state index is 0.0244. The summed E-state index contributed by atoms with van der Waals surface area (Å²) in [7, 11) is -4.31. The molecule has 0 amide bonds. The van der Waals surface area contributed by atoms with Crippen molar-refractivity contribution in [2.75, 3.05) is 13.2 Å². The van der Waals surface area contributed by atoms with Gasteiger partial charge in [0.05, 0.1) is 33.7 Å². The lowest BCUT2D eigenvalue weighted by atomic mass is 9.94. The van der Waals surface area contributed by atoms with Gasteiger partial charge in [-0.3, -0.25) is 0 Å². The van der Waals surface area contributed by atoms with Gasteiger partial charge in [0.25, 0.3) is 6.43 Å². The second-order valence-corrected chi connectivity index (χ2v) is 18.3. The molecular formula is C34H45F13N2O2Si. The molecule has 3 unspecified atom stereocenters. The van der Waals surface area contributed by atoms with E-state index in [-0.39, 0.29) is 25.2 Å². The van der Waals surface area contributed by atoms with E-state index in [4.69, 9.17) is 9.47 Å². The van der Waals surface area contributed by atoms with Crippen LogP contribution in [-0.4, -0.2) is 79.5 Å². The molecule has 1 aromatic carbocycles. The Labute approximate surface area is 295 Å². The van der Waals surface area contributed by atoms with Crippen LogP contribution in [0.3, 0.4) is 0 Å². The SMILES string of the molecule is CCCCCCCCCCOc1ccc(-c2ncc(OCCCC[Si](C)(C)C(F)C(F)(F)C(F)(F)C(F)(F)C(F)(F)C(F)C(F)C(F)F)cn2)cc1. The topological polar surface area (TPSA) is 44.2 Å². The van der Waals surface area contributed by atoms with Crippen LogP contribution in [0.5, 0.6) is 11.5 Å². The molecule has 0 radical (unpaired) electrons. The van der Waals surface area contributed by atoms with E-state index in [2.05, 4.69) is 16.9 Å². The Morgan fingerprint density at radius 1 is 0.615 bits per heavy atom. The van der Waals surface area contributed by atoms with Gasteiger partial charge in [0, 0.05) is 5.56 Å². The first-order valence-electron chi connectivity index (χ1n) is 17.0. The smallest absolute Gasteiger partial charge is 0.381 e. The van der Waals surface area contributed by atoms with E-state index in [9.17, 15) is 57.1 Å². The highest BCUT2D eigenvalue weighted by molar-refractivity contribution is 6.78. The normalized spacial score (nSPS) is 15.1. The van der Waals surface area contributed by atoms with Gasteiger partial charge in [0.2, 0.25) is 6.17 Å². The fourth-order valence-corrected chi connectivity index (χ4v) is 7.81. The molecule has 0 aliphatic carbocycles. The summed E-state index contributed by atoms with van der Waals surface area (Å²) in [6, 6.07) is 6.59. The van der Waals surface area contributed by atoms with E-state index >= 15 is 0 Å². The summed E-state index contributed by atoms with van der Waals surface area (Å²) >= 11 is 0. The van der Waals surface area contributed by atoms with Crippen LogP contribution in [0.15, 0.2) is 36.7 Å². The van der Waals surface area contributed by atoms with Crippen LogP contribution in [0.4, 0.5) is 57.1 Å². The average molecular weight is 789 g/mol. The summed E-state index contributed by atoms with van der Waals surface area (Å²) in [5, 5.41) is 0. The molecule has 0 saturated carbocycles. The van der Waals surface area contributed by atoms with Crippen LogP contribution < -0.4 is 9.47 Å². The second kappa shape index (κ2) is 19.5. The number of nitrogens with zero attached hydrogens (tertiary/aromatic N) is 2. The largest absolute Gasteiger partial charge is 0.494 e. The van der Waals surface area contributed by atoms with Crippen molar-refractivity contribution in [3.8, 4) is 22.9 Å². The van der Waals surface area contributed by atoms with Crippen LogP contribution in [0.25, 0.3) is 11.4 Å². The minimum atomic E-state index is -7.45. The van der Waals surface area contributed by atoms with Crippen molar-refractivity contribution in [2.24, 2.45) is 0 Å². The zero-order valence-corrected chi connectivity index (χ0v) is 30.1. The summed E-state index contributed by atoms with van der Waals surface area (Å²) in [5.74, 6) is -31.1. The fourth-order valence-electron chi connectivity index (χ4n) is 5.23. The Kier molecular flexibility index (Phi) is 17.0. The minimum Gasteiger partial charge on any atom is -0.494 e. The summed E-state index contributed by atoms with van der Waals surface area (Å²) in [5.41, 5.74) is 0.687. The number of benzene rings is 1. The number of alkyl halides is 13. The van der Waals surface area contributed by atoms with Crippen LogP contribution in [0.2, 0.25) is 19.1 Å². The number of unbranched alkanes of at least 4 members (excludes halogenated alkanes) is 8. The van der Waals surface area contributed by atoms with E-state index in [1.165, 1.54) is 50.9 Å². The predicted octanol–water partition coefficient (Wildman–Crippen LogP) is 11.9. The van der Waals surface area contributed by atoms with Gasteiger partial charge in [-0.2, -0.15) is 35.1 Å². The molecule has 4 nitrogen and oxygen atoms in total. The van der Waals surface area contributed by atoms with Crippen molar-refractivity contribution in [1.29, 1.82) is 0 Å². The lowest BCUT2D eigenvalue weighted by molar-refractivity contribution is -0.383. The van der Waals surface area contributed by atoms with Gasteiger partial charge in [-0.1, -0.05) is 77.4 Å². The predicted molar refractivity (Wildman–Crippen MR) is 173 cm³/mol. The second-order valence-electron chi connectivity index (χ2n) is 13.3. The Morgan fingerprint density at radius 2 is 1.08 bits per heavy atom. The molecule has 3 atom stereocenters.